The number of hydrogen-bond acceptors (Lipinski definition) is 3. The van der Waals surface area contributed by atoms with Gasteiger partial charge >= 0.3 is 0 Å². The van der Waals surface area contributed by atoms with Crippen LogP contribution >= 0.6 is 11.3 Å². The van der Waals surface area contributed by atoms with E-state index in [1.165, 1.54) is 23.3 Å². The van der Waals surface area contributed by atoms with Crippen molar-refractivity contribution in [1.82, 2.24) is 10.3 Å². The lowest BCUT2D eigenvalue weighted by Gasteiger charge is -2.19. The number of rotatable bonds is 3. The van der Waals surface area contributed by atoms with Crippen LogP contribution in [-0.4, -0.2) is 10.9 Å². The van der Waals surface area contributed by atoms with Gasteiger partial charge in [0.25, 0.3) is 11.5 Å². The summed E-state index contributed by atoms with van der Waals surface area (Å²) >= 11 is 1.40. The summed E-state index contributed by atoms with van der Waals surface area (Å²) in [5.74, 6) is -0.124. The summed E-state index contributed by atoms with van der Waals surface area (Å²) in [6, 6.07) is 3.63. The van der Waals surface area contributed by atoms with Crippen LogP contribution in [0.2, 0.25) is 0 Å². The second-order valence-electron chi connectivity index (χ2n) is 5.38. The minimum atomic E-state index is -0.124. The molecule has 0 atom stereocenters. The first-order valence-corrected chi connectivity index (χ1v) is 8.10. The van der Waals surface area contributed by atoms with Crippen LogP contribution in [-0.2, 0) is 19.4 Å². The van der Waals surface area contributed by atoms with Gasteiger partial charge in [0.1, 0.15) is 0 Å². The van der Waals surface area contributed by atoms with Crippen LogP contribution in [0.3, 0.4) is 0 Å². The molecule has 3 rings (SSSR count). The highest BCUT2D eigenvalue weighted by molar-refractivity contribution is 7.12. The molecule has 21 heavy (non-hydrogen) atoms. The molecule has 1 aliphatic carbocycles. The number of fused-ring (bicyclic) bond motifs is 1. The van der Waals surface area contributed by atoms with Crippen molar-refractivity contribution >= 4 is 17.2 Å². The number of hydrogen-bond donors (Lipinski definition) is 2. The fourth-order valence-electron chi connectivity index (χ4n) is 2.90. The fourth-order valence-corrected chi connectivity index (χ4v) is 3.54. The Morgan fingerprint density at radius 1 is 1.38 bits per heavy atom. The van der Waals surface area contributed by atoms with Crippen LogP contribution in [0.1, 0.15) is 44.9 Å². The SMILES string of the molecule is Cc1c2c([nH]c(=O)c1CNC(=O)c1cccs1)CCCC2. The molecule has 2 N–H and O–H groups in total. The van der Waals surface area contributed by atoms with Crippen molar-refractivity contribution in [3.63, 3.8) is 0 Å². The Hall–Kier alpha value is -1.88. The van der Waals surface area contributed by atoms with Crippen molar-refractivity contribution < 1.29 is 4.79 Å². The number of carbonyl (C=O) groups is 1. The molecule has 0 saturated carbocycles. The van der Waals surface area contributed by atoms with Gasteiger partial charge in [-0.15, -0.1) is 11.3 Å². The molecule has 1 aliphatic rings. The van der Waals surface area contributed by atoms with E-state index in [1.54, 1.807) is 6.07 Å². The van der Waals surface area contributed by atoms with Crippen molar-refractivity contribution in [1.29, 1.82) is 0 Å². The van der Waals surface area contributed by atoms with Crippen LogP contribution in [0.25, 0.3) is 0 Å². The zero-order valence-electron chi connectivity index (χ0n) is 12.0. The van der Waals surface area contributed by atoms with E-state index < -0.39 is 0 Å². The van der Waals surface area contributed by atoms with Gasteiger partial charge in [-0.2, -0.15) is 0 Å². The lowest BCUT2D eigenvalue weighted by molar-refractivity contribution is 0.0955. The molecule has 2 heterocycles. The molecular formula is C16H18N2O2S. The Morgan fingerprint density at radius 2 is 2.19 bits per heavy atom. The zero-order chi connectivity index (χ0) is 14.8. The van der Waals surface area contributed by atoms with Crippen molar-refractivity contribution in [2.45, 2.75) is 39.2 Å². The van der Waals surface area contributed by atoms with Gasteiger partial charge in [0.2, 0.25) is 0 Å². The second-order valence-corrected chi connectivity index (χ2v) is 6.33. The van der Waals surface area contributed by atoms with Gasteiger partial charge in [-0.1, -0.05) is 6.07 Å². The van der Waals surface area contributed by atoms with E-state index >= 15 is 0 Å². The predicted molar refractivity (Wildman–Crippen MR) is 83.9 cm³/mol. The summed E-state index contributed by atoms with van der Waals surface area (Å²) in [6.07, 6.45) is 4.27. The van der Waals surface area contributed by atoms with Crippen LogP contribution in [0.5, 0.6) is 0 Å². The highest BCUT2D eigenvalue weighted by atomic mass is 32.1. The molecule has 4 nitrogen and oxygen atoms in total. The summed E-state index contributed by atoms with van der Waals surface area (Å²) in [7, 11) is 0. The number of aromatic amines is 1. The first-order chi connectivity index (χ1) is 10.2. The van der Waals surface area contributed by atoms with E-state index in [2.05, 4.69) is 10.3 Å². The first kappa shape index (κ1) is 14.1. The van der Waals surface area contributed by atoms with E-state index in [0.717, 1.165) is 30.5 Å². The summed E-state index contributed by atoms with van der Waals surface area (Å²) < 4.78 is 0. The van der Waals surface area contributed by atoms with E-state index in [-0.39, 0.29) is 18.0 Å². The van der Waals surface area contributed by atoms with Crippen molar-refractivity contribution in [2.24, 2.45) is 0 Å². The van der Waals surface area contributed by atoms with Crippen LogP contribution in [0.4, 0.5) is 0 Å². The number of aryl methyl sites for hydroxylation is 1. The van der Waals surface area contributed by atoms with Crippen molar-refractivity contribution in [3.05, 3.63) is 55.1 Å². The highest BCUT2D eigenvalue weighted by Gasteiger charge is 2.17. The number of H-pyrrole nitrogens is 1. The second kappa shape index (κ2) is 5.85. The molecule has 0 aromatic carbocycles. The van der Waals surface area contributed by atoms with Crippen LogP contribution in [0, 0.1) is 6.92 Å². The Bertz CT molecular complexity index is 717. The third kappa shape index (κ3) is 2.78. The Balaban J connectivity index is 1.82. The lowest BCUT2D eigenvalue weighted by atomic mass is 9.90. The average Bonchev–Trinajstić information content (AvgIpc) is 3.01. The molecule has 110 valence electrons. The number of aromatic nitrogens is 1. The quantitative estimate of drug-likeness (QED) is 0.915. The fraction of sp³-hybridized carbons (Fsp3) is 0.375. The van der Waals surface area contributed by atoms with Crippen LogP contribution in [0.15, 0.2) is 22.3 Å². The topological polar surface area (TPSA) is 62.0 Å². The van der Waals surface area contributed by atoms with Gasteiger partial charge in [-0.3, -0.25) is 9.59 Å². The summed E-state index contributed by atoms with van der Waals surface area (Å²) in [5.41, 5.74) is 4.00. The number of nitrogens with one attached hydrogen (secondary N) is 2. The van der Waals surface area contributed by atoms with Gasteiger partial charge in [0.15, 0.2) is 0 Å². The minimum Gasteiger partial charge on any atom is -0.347 e. The van der Waals surface area contributed by atoms with Gasteiger partial charge < -0.3 is 10.3 Å². The number of carbonyl (C=O) groups excluding carboxylic acids is 1. The molecule has 0 aliphatic heterocycles. The molecule has 2 aromatic heterocycles. The molecule has 0 fully saturated rings. The first-order valence-electron chi connectivity index (χ1n) is 7.22. The zero-order valence-corrected chi connectivity index (χ0v) is 12.8. The molecule has 5 heteroatoms. The summed E-state index contributed by atoms with van der Waals surface area (Å²) in [5, 5.41) is 4.71. The van der Waals surface area contributed by atoms with E-state index in [0.29, 0.717) is 10.4 Å². The van der Waals surface area contributed by atoms with E-state index in [4.69, 9.17) is 0 Å². The van der Waals surface area contributed by atoms with Crippen molar-refractivity contribution in [2.75, 3.05) is 0 Å². The van der Waals surface area contributed by atoms with Gasteiger partial charge in [-0.05, 0) is 55.2 Å². The van der Waals surface area contributed by atoms with Gasteiger partial charge in [0, 0.05) is 17.8 Å². The molecule has 0 spiro atoms. The Kier molecular flexibility index (Phi) is 3.92. The number of amides is 1. The third-order valence-electron chi connectivity index (χ3n) is 4.08. The molecular weight excluding hydrogens is 284 g/mol. The maximum absolute atomic E-state index is 12.2. The standard InChI is InChI=1S/C16H18N2O2S/c1-10-11-5-2-3-6-13(11)18-15(19)12(10)9-17-16(20)14-7-4-8-21-14/h4,7-8H,2-3,5-6,9H2,1H3,(H,17,20)(H,18,19). The van der Waals surface area contributed by atoms with Crippen molar-refractivity contribution in [3.8, 4) is 0 Å². The lowest BCUT2D eigenvalue weighted by Crippen LogP contribution is -2.29. The van der Waals surface area contributed by atoms with Gasteiger partial charge in [0.05, 0.1) is 4.88 Å². The predicted octanol–water partition coefficient (Wildman–Crippen LogP) is 2.55. The molecule has 0 saturated heterocycles. The molecule has 0 unspecified atom stereocenters. The summed E-state index contributed by atoms with van der Waals surface area (Å²) in [6.45, 7) is 2.28. The largest absolute Gasteiger partial charge is 0.347 e. The van der Waals surface area contributed by atoms with Crippen LogP contribution < -0.4 is 10.9 Å². The smallest absolute Gasteiger partial charge is 0.261 e. The minimum absolute atomic E-state index is 0.0698. The molecule has 0 radical (unpaired) electrons. The highest BCUT2D eigenvalue weighted by Crippen LogP contribution is 2.22. The van der Waals surface area contributed by atoms with E-state index in [1.807, 2.05) is 18.4 Å². The molecule has 1 amide bonds. The monoisotopic (exact) mass is 302 g/mol. The molecule has 2 aromatic rings. The number of pyridine rings is 1. The number of thiophene rings is 1. The Labute approximate surface area is 127 Å². The normalized spacial score (nSPS) is 13.8. The molecule has 0 bridgehead atoms. The Morgan fingerprint density at radius 3 is 2.95 bits per heavy atom. The third-order valence-corrected chi connectivity index (χ3v) is 4.95. The van der Waals surface area contributed by atoms with Gasteiger partial charge in [-0.25, -0.2) is 0 Å². The average molecular weight is 302 g/mol. The van der Waals surface area contributed by atoms with E-state index in [9.17, 15) is 9.59 Å². The summed E-state index contributed by atoms with van der Waals surface area (Å²) in [4.78, 5) is 27.8. The maximum atomic E-state index is 12.2. The maximum Gasteiger partial charge on any atom is 0.261 e.